The van der Waals surface area contributed by atoms with Crippen molar-refractivity contribution < 1.29 is 13.9 Å². The van der Waals surface area contributed by atoms with Crippen LogP contribution in [0.1, 0.15) is 22.8 Å². The van der Waals surface area contributed by atoms with Crippen molar-refractivity contribution in [2.24, 2.45) is 0 Å². The number of aromatic nitrogens is 1. The zero-order valence-corrected chi connectivity index (χ0v) is 18.0. The van der Waals surface area contributed by atoms with Crippen molar-refractivity contribution >= 4 is 40.0 Å². The van der Waals surface area contributed by atoms with Crippen LogP contribution in [-0.4, -0.2) is 23.1 Å². The maximum Gasteiger partial charge on any atom is 0.257 e. The van der Waals surface area contributed by atoms with Crippen LogP contribution in [0.5, 0.6) is 5.75 Å². The molecule has 0 bridgehead atoms. The number of hydrogen-bond acceptors (Lipinski definition) is 5. The molecule has 2 N–H and O–H groups in total. The molecule has 0 atom stereocenters. The Kier molecular flexibility index (Phi) is 5.95. The van der Waals surface area contributed by atoms with Crippen LogP contribution in [0.15, 0.2) is 71.1 Å². The van der Waals surface area contributed by atoms with Crippen LogP contribution < -0.4 is 15.4 Å². The van der Waals surface area contributed by atoms with Gasteiger partial charge in [0, 0.05) is 16.8 Å². The van der Waals surface area contributed by atoms with Gasteiger partial charge in [0.1, 0.15) is 11.3 Å². The summed E-state index contributed by atoms with van der Waals surface area (Å²) in [6.07, 6.45) is 0.923. The number of hydrogen-bond donors (Lipinski definition) is 2. The van der Waals surface area contributed by atoms with E-state index in [1.165, 1.54) is 5.56 Å². The van der Waals surface area contributed by atoms with Gasteiger partial charge in [-0.25, -0.2) is 4.98 Å². The normalized spacial score (nSPS) is 10.6. The highest BCUT2D eigenvalue weighted by molar-refractivity contribution is 7.80. The number of anilines is 1. The maximum absolute atomic E-state index is 12.4. The topological polar surface area (TPSA) is 76.4 Å². The molecule has 0 aliphatic rings. The molecule has 7 heteroatoms. The van der Waals surface area contributed by atoms with Gasteiger partial charge in [-0.1, -0.05) is 25.1 Å². The molecular weight excluding hydrogens is 410 g/mol. The number of ether oxygens (including phenoxy) is 1. The number of oxazole rings is 1. The summed E-state index contributed by atoms with van der Waals surface area (Å²) in [5.41, 5.74) is 4.57. The third-order valence-electron chi connectivity index (χ3n) is 4.81. The average molecular weight is 432 g/mol. The lowest BCUT2D eigenvalue weighted by Gasteiger charge is -2.09. The van der Waals surface area contributed by atoms with E-state index < -0.39 is 0 Å². The van der Waals surface area contributed by atoms with Crippen molar-refractivity contribution in [2.45, 2.75) is 13.3 Å². The summed E-state index contributed by atoms with van der Waals surface area (Å²) in [5.74, 6) is 0.966. The third kappa shape index (κ3) is 4.73. The largest absolute Gasteiger partial charge is 0.497 e. The molecule has 0 aliphatic carbocycles. The average Bonchev–Trinajstić information content (AvgIpc) is 3.22. The number of methoxy groups -OCH3 is 1. The second-order valence-corrected chi connectivity index (χ2v) is 7.30. The molecule has 3 aromatic carbocycles. The van der Waals surface area contributed by atoms with E-state index in [-0.39, 0.29) is 11.0 Å². The summed E-state index contributed by atoms with van der Waals surface area (Å²) >= 11 is 5.29. The van der Waals surface area contributed by atoms with E-state index in [2.05, 4.69) is 22.5 Å². The van der Waals surface area contributed by atoms with Gasteiger partial charge in [0.25, 0.3) is 5.91 Å². The van der Waals surface area contributed by atoms with Crippen molar-refractivity contribution in [3.63, 3.8) is 0 Å². The first-order chi connectivity index (χ1) is 15.1. The minimum absolute atomic E-state index is 0.209. The number of carbonyl (C=O) groups excluding carboxylic acids is 1. The monoisotopic (exact) mass is 431 g/mol. The molecule has 0 radical (unpaired) electrons. The van der Waals surface area contributed by atoms with Gasteiger partial charge >= 0.3 is 0 Å². The van der Waals surface area contributed by atoms with E-state index in [1.807, 2.05) is 54.6 Å². The van der Waals surface area contributed by atoms with Gasteiger partial charge in [0.05, 0.1) is 7.11 Å². The Balaban J connectivity index is 1.46. The highest BCUT2D eigenvalue weighted by Crippen LogP contribution is 2.28. The number of benzene rings is 3. The van der Waals surface area contributed by atoms with Crippen LogP contribution in [-0.2, 0) is 6.42 Å². The second-order valence-electron chi connectivity index (χ2n) is 6.89. The van der Waals surface area contributed by atoms with Crippen LogP contribution in [0.2, 0.25) is 0 Å². The number of carbonyl (C=O) groups is 1. The minimum atomic E-state index is -0.261. The lowest BCUT2D eigenvalue weighted by molar-refractivity contribution is 0.0977. The summed E-state index contributed by atoms with van der Waals surface area (Å²) in [4.78, 5) is 17.0. The van der Waals surface area contributed by atoms with Crippen molar-refractivity contribution in [1.29, 1.82) is 0 Å². The summed E-state index contributed by atoms with van der Waals surface area (Å²) < 4.78 is 11.1. The number of rotatable bonds is 5. The van der Waals surface area contributed by atoms with E-state index in [0.717, 1.165) is 17.7 Å². The molecule has 4 rings (SSSR count). The predicted octanol–water partition coefficient (Wildman–Crippen LogP) is 5.19. The smallest absolute Gasteiger partial charge is 0.257 e. The Morgan fingerprint density at radius 2 is 1.90 bits per heavy atom. The first kappa shape index (κ1) is 20.6. The highest BCUT2D eigenvalue weighted by atomic mass is 32.1. The molecule has 4 aromatic rings. The fourth-order valence-electron chi connectivity index (χ4n) is 3.11. The fraction of sp³-hybridized carbons (Fsp3) is 0.125. The standard InChI is InChI=1S/C24H21N3O3S/c1-3-15-7-9-16(10-8-15)22(28)27-24(31)25-18-11-12-21-20(14-18)26-23(30-21)17-5-4-6-19(13-17)29-2/h4-14H,3H2,1-2H3,(H2,25,27,28,31). The Bertz CT molecular complexity index is 1250. The number of fused-ring (bicyclic) bond motifs is 1. The lowest BCUT2D eigenvalue weighted by Crippen LogP contribution is -2.34. The van der Waals surface area contributed by atoms with Crippen molar-refractivity contribution in [1.82, 2.24) is 10.3 Å². The molecule has 0 aliphatic heterocycles. The van der Waals surface area contributed by atoms with E-state index in [9.17, 15) is 4.79 Å². The Morgan fingerprint density at radius 3 is 2.65 bits per heavy atom. The van der Waals surface area contributed by atoms with Crippen LogP contribution in [0.4, 0.5) is 5.69 Å². The minimum Gasteiger partial charge on any atom is -0.497 e. The number of aryl methyl sites for hydroxylation is 1. The number of nitrogens with one attached hydrogen (secondary N) is 2. The Morgan fingerprint density at radius 1 is 1.10 bits per heavy atom. The summed E-state index contributed by atoms with van der Waals surface area (Å²) in [5, 5.41) is 5.93. The van der Waals surface area contributed by atoms with Crippen molar-refractivity contribution in [3.8, 4) is 17.2 Å². The molecule has 0 spiro atoms. The van der Waals surface area contributed by atoms with Gasteiger partial charge < -0.3 is 14.5 Å². The van der Waals surface area contributed by atoms with Crippen molar-refractivity contribution in [3.05, 3.63) is 77.9 Å². The number of thiocarbonyl (C=S) groups is 1. The lowest BCUT2D eigenvalue weighted by atomic mass is 10.1. The molecule has 1 amide bonds. The molecule has 0 saturated carbocycles. The van der Waals surface area contributed by atoms with Crippen LogP contribution in [0.25, 0.3) is 22.6 Å². The Labute approximate surface area is 185 Å². The molecule has 0 fully saturated rings. The summed E-state index contributed by atoms with van der Waals surface area (Å²) in [6, 6.07) is 20.4. The maximum atomic E-state index is 12.4. The zero-order chi connectivity index (χ0) is 21.8. The molecule has 156 valence electrons. The zero-order valence-electron chi connectivity index (χ0n) is 17.1. The first-order valence-electron chi connectivity index (χ1n) is 9.82. The summed E-state index contributed by atoms with van der Waals surface area (Å²) in [7, 11) is 1.62. The fourth-order valence-corrected chi connectivity index (χ4v) is 3.32. The molecule has 1 aromatic heterocycles. The van der Waals surface area contributed by atoms with E-state index in [1.54, 1.807) is 19.2 Å². The van der Waals surface area contributed by atoms with Gasteiger partial charge in [-0.2, -0.15) is 0 Å². The molecule has 1 heterocycles. The van der Waals surface area contributed by atoms with Crippen molar-refractivity contribution in [2.75, 3.05) is 12.4 Å². The molecule has 31 heavy (non-hydrogen) atoms. The van der Waals surface area contributed by atoms with Gasteiger partial charge in [-0.15, -0.1) is 0 Å². The van der Waals surface area contributed by atoms with E-state index in [4.69, 9.17) is 21.4 Å². The predicted molar refractivity (Wildman–Crippen MR) is 126 cm³/mol. The SMILES string of the molecule is CCc1ccc(C(=O)NC(=S)Nc2ccc3oc(-c4cccc(OC)c4)nc3c2)cc1. The van der Waals surface area contributed by atoms with Crippen LogP contribution in [0.3, 0.4) is 0 Å². The van der Waals surface area contributed by atoms with Gasteiger partial charge in [0.2, 0.25) is 5.89 Å². The van der Waals surface area contributed by atoms with E-state index >= 15 is 0 Å². The highest BCUT2D eigenvalue weighted by Gasteiger charge is 2.11. The second kappa shape index (κ2) is 8.97. The molecular formula is C24H21N3O3S. The van der Waals surface area contributed by atoms with Gasteiger partial charge in [-0.05, 0) is 72.7 Å². The summed E-state index contributed by atoms with van der Waals surface area (Å²) in [6.45, 7) is 2.07. The van der Waals surface area contributed by atoms with Crippen LogP contribution >= 0.6 is 12.2 Å². The molecule has 0 unspecified atom stereocenters. The van der Waals surface area contributed by atoms with E-state index in [0.29, 0.717) is 28.2 Å². The third-order valence-corrected chi connectivity index (χ3v) is 5.02. The number of nitrogens with zero attached hydrogens (tertiary/aromatic N) is 1. The van der Waals surface area contributed by atoms with Gasteiger partial charge in [-0.3, -0.25) is 10.1 Å². The first-order valence-corrected chi connectivity index (χ1v) is 10.2. The molecule has 0 saturated heterocycles. The quantitative estimate of drug-likeness (QED) is 0.424. The molecule has 6 nitrogen and oxygen atoms in total. The Hall–Kier alpha value is -3.71. The van der Waals surface area contributed by atoms with Gasteiger partial charge in [0.15, 0.2) is 10.7 Å². The number of amides is 1. The van der Waals surface area contributed by atoms with Crippen LogP contribution in [0, 0.1) is 0 Å².